The summed E-state index contributed by atoms with van der Waals surface area (Å²) in [5.41, 5.74) is 1.13. The number of aryl methyl sites for hydroxylation is 1. The zero-order chi connectivity index (χ0) is 16.9. The summed E-state index contributed by atoms with van der Waals surface area (Å²) in [4.78, 5) is 0. The molecule has 2 aromatic heterocycles. The third kappa shape index (κ3) is 3.98. The van der Waals surface area contributed by atoms with Gasteiger partial charge in [-0.25, -0.2) is 0 Å². The van der Waals surface area contributed by atoms with Crippen LogP contribution in [0.1, 0.15) is 5.56 Å². The van der Waals surface area contributed by atoms with E-state index >= 15 is 0 Å². The lowest BCUT2D eigenvalue weighted by molar-refractivity contribution is 0.126. The Morgan fingerprint density at radius 3 is 2.92 bits per heavy atom. The van der Waals surface area contributed by atoms with E-state index in [4.69, 9.17) is 9.15 Å². The van der Waals surface area contributed by atoms with Crippen LogP contribution in [0.25, 0.3) is 11.6 Å². The Labute approximate surface area is 144 Å². The summed E-state index contributed by atoms with van der Waals surface area (Å²) in [6.45, 7) is 2.24. The molecule has 6 nitrogen and oxygen atoms in total. The maximum Gasteiger partial charge on any atom is 0.200 e. The van der Waals surface area contributed by atoms with Crippen LogP contribution in [0.2, 0.25) is 0 Å². The third-order valence-electron chi connectivity index (χ3n) is 3.41. The molecule has 0 aliphatic rings. The highest BCUT2D eigenvalue weighted by molar-refractivity contribution is 7.99. The largest absolute Gasteiger partial charge is 0.491 e. The van der Waals surface area contributed by atoms with Gasteiger partial charge in [-0.15, -0.1) is 10.2 Å². The van der Waals surface area contributed by atoms with E-state index in [1.807, 2.05) is 54.9 Å². The summed E-state index contributed by atoms with van der Waals surface area (Å²) in [6.07, 6.45) is 1.00. The second kappa shape index (κ2) is 7.55. The van der Waals surface area contributed by atoms with Gasteiger partial charge in [0.25, 0.3) is 0 Å². The smallest absolute Gasteiger partial charge is 0.200 e. The van der Waals surface area contributed by atoms with Gasteiger partial charge in [0.15, 0.2) is 16.7 Å². The van der Waals surface area contributed by atoms with Crippen molar-refractivity contribution >= 4 is 11.8 Å². The number of hydrogen-bond acceptors (Lipinski definition) is 6. The van der Waals surface area contributed by atoms with Gasteiger partial charge in [-0.2, -0.15) is 0 Å². The predicted molar refractivity (Wildman–Crippen MR) is 92.1 cm³/mol. The summed E-state index contributed by atoms with van der Waals surface area (Å²) >= 11 is 1.43. The van der Waals surface area contributed by atoms with Crippen LogP contribution in [0.5, 0.6) is 5.75 Å². The van der Waals surface area contributed by atoms with Crippen LogP contribution < -0.4 is 4.74 Å². The molecule has 3 aromatic rings. The number of aromatic nitrogens is 3. The molecule has 1 unspecified atom stereocenters. The normalized spacial score (nSPS) is 12.3. The van der Waals surface area contributed by atoms with Gasteiger partial charge < -0.3 is 18.8 Å². The fourth-order valence-corrected chi connectivity index (χ4v) is 2.99. The van der Waals surface area contributed by atoms with Crippen molar-refractivity contribution in [1.82, 2.24) is 14.8 Å². The van der Waals surface area contributed by atoms with Gasteiger partial charge in [0.1, 0.15) is 12.4 Å². The van der Waals surface area contributed by atoms with Gasteiger partial charge in [-0.3, -0.25) is 0 Å². The first kappa shape index (κ1) is 16.6. The Morgan fingerprint density at radius 2 is 2.17 bits per heavy atom. The minimum atomic E-state index is -0.598. The van der Waals surface area contributed by atoms with Crippen molar-refractivity contribution in [2.24, 2.45) is 7.05 Å². The molecule has 0 saturated heterocycles. The molecule has 1 N–H and O–H groups in total. The van der Waals surface area contributed by atoms with Gasteiger partial charge in [0.05, 0.1) is 12.4 Å². The number of benzene rings is 1. The van der Waals surface area contributed by atoms with Gasteiger partial charge in [-0.05, 0) is 36.8 Å². The molecule has 0 radical (unpaired) electrons. The number of aliphatic hydroxyl groups is 1. The molecule has 2 heterocycles. The second-order valence-electron chi connectivity index (χ2n) is 5.43. The molecule has 3 rings (SSSR count). The summed E-state index contributed by atoms with van der Waals surface area (Å²) in [5, 5.41) is 19.1. The molecule has 0 fully saturated rings. The fourth-order valence-electron chi connectivity index (χ4n) is 2.18. The summed E-state index contributed by atoms with van der Waals surface area (Å²) in [7, 11) is 1.87. The molecule has 0 aliphatic heterocycles. The Kier molecular flexibility index (Phi) is 5.22. The lowest BCUT2D eigenvalue weighted by atomic mass is 10.2. The van der Waals surface area contributed by atoms with Crippen LogP contribution >= 0.6 is 11.8 Å². The molecule has 0 amide bonds. The number of hydrogen-bond donors (Lipinski definition) is 1. The first-order valence-corrected chi connectivity index (χ1v) is 8.55. The SMILES string of the molecule is Cc1cccc(OCC(O)CSc2nnc(-c3ccco3)n2C)c1. The molecule has 24 heavy (non-hydrogen) atoms. The standard InChI is InChI=1S/C17H19N3O3S/c1-12-5-3-6-14(9-12)23-10-13(21)11-24-17-19-18-16(20(17)2)15-7-4-8-22-15/h3-9,13,21H,10-11H2,1-2H3. The number of rotatable bonds is 7. The Bertz CT molecular complexity index is 786. The van der Waals surface area contributed by atoms with E-state index in [0.717, 1.165) is 16.5 Å². The van der Waals surface area contributed by atoms with Crippen molar-refractivity contribution in [3.05, 3.63) is 48.2 Å². The Hall–Kier alpha value is -2.25. The van der Waals surface area contributed by atoms with Crippen LogP contribution in [-0.4, -0.2) is 38.3 Å². The highest BCUT2D eigenvalue weighted by Gasteiger charge is 2.15. The summed E-state index contributed by atoms with van der Waals surface area (Å²) in [5.74, 6) is 2.56. The predicted octanol–water partition coefficient (Wildman–Crippen LogP) is 2.92. The summed E-state index contributed by atoms with van der Waals surface area (Å²) in [6, 6.07) is 11.4. The molecule has 0 spiro atoms. The van der Waals surface area contributed by atoms with Crippen LogP contribution in [0.4, 0.5) is 0 Å². The third-order valence-corrected chi connectivity index (χ3v) is 4.58. The molecule has 0 aliphatic carbocycles. The van der Waals surface area contributed by atoms with Crippen LogP contribution in [0.3, 0.4) is 0 Å². The Balaban J connectivity index is 1.52. The molecular weight excluding hydrogens is 326 g/mol. The van der Waals surface area contributed by atoms with E-state index in [-0.39, 0.29) is 6.61 Å². The van der Waals surface area contributed by atoms with Crippen molar-refractivity contribution in [3.63, 3.8) is 0 Å². The lowest BCUT2D eigenvalue weighted by Gasteiger charge is -2.12. The minimum absolute atomic E-state index is 0.235. The number of ether oxygens (including phenoxy) is 1. The van der Waals surface area contributed by atoms with Crippen molar-refractivity contribution in [1.29, 1.82) is 0 Å². The van der Waals surface area contributed by atoms with Gasteiger partial charge in [0.2, 0.25) is 0 Å². The molecule has 1 aromatic carbocycles. The van der Waals surface area contributed by atoms with E-state index in [0.29, 0.717) is 17.3 Å². The van der Waals surface area contributed by atoms with Crippen LogP contribution in [0.15, 0.2) is 52.2 Å². The van der Waals surface area contributed by atoms with Crippen LogP contribution in [0, 0.1) is 6.92 Å². The molecule has 7 heteroatoms. The van der Waals surface area contributed by atoms with Crippen molar-refractivity contribution in [2.45, 2.75) is 18.2 Å². The highest BCUT2D eigenvalue weighted by atomic mass is 32.2. The molecule has 0 bridgehead atoms. The monoisotopic (exact) mass is 345 g/mol. The number of nitrogens with zero attached hydrogens (tertiary/aromatic N) is 3. The highest BCUT2D eigenvalue weighted by Crippen LogP contribution is 2.23. The van der Waals surface area contributed by atoms with E-state index < -0.39 is 6.10 Å². The summed E-state index contributed by atoms with van der Waals surface area (Å²) < 4.78 is 12.8. The zero-order valence-corrected chi connectivity index (χ0v) is 14.4. The van der Waals surface area contributed by atoms with E-state index in [2.05, 4.69) is 10.2 Å². The molecule has 0 saturated carbocycles. The van der Waals surface area contributed by atoms with E-state index in [1.54, 1.807) is 6.26 Å². The first-order chi connectivity index (χ1) is 11.6. The van der Waals surface area contributed by atoms with E-state index in [1.165, 1.54) is 11.8 Å². The maximum atomic E-state index is 10.1. The van der Waals surface area contributed by atoms with Gasteiger partial charge >= 0.3 is 0 Å². The average molecular weight is 345 g/mol. The van der Waals surface area contributed by atoms with Crippen molar-refractivity contribution in [2.75, 3.05) is 12.4 Å². The van der Waals surface area contributed by atoms with Gasteiger partial charge in [-0.1, -0.05) is 23.9 Å². The van der Waals surface area contributed by atoms with Crippen molar-refractivity contribution in [3.8, 4) is 17.3 Å². The maximum absolute atomic E-state index is 10.1. The quantitative estimate of drug-likeness (QED) is 0.664. The average Bonchev–Trinajstić information content (AvgIpc) is 3.21. The lowest BCUT2D eigenvalue weighted by Crippen LogP contribution is -2.20. The van der Waals surface area contributed by atoms with Gasteiger partial charge in [0, 0.05) is 12.8 Å². The number of furan rings is 1. The first-order valence-electron chi connectivity index (χ1n) is 7.57. The zero-order valence-electron chi connectivity index (χ0n) is 13.5. The van der Waals surface area contributed by atoms with E-state index in [9.17, 15) is 5.11 Å². The topological polar surface area (TPSA) is 73.3 Å². The second-order valence-corrected chi connectivity index (χ2v) is 6.42. The number of aliphatic hydroxyl groups excluding tert-OH is 1. The molecule has 1 atom stereocenters. The fraction of sp³-hybridized carbons (Fsp3) is 0.294. The number of thioether (sulfide) groups is 1. The van der Waals surface area contributed by atoms with Crippen LogP contribution in [-0.2, 0) is 7.05 Å². The molecular formula is C17H19N3O3S. The van der Waals surface area contributed by atoms with Crippen molar-refractivity contribution < 1.29 is 14.3 Å². The Morgan fingerprint density at radius 1 is 1.29 bits per heavy atom. The molecule has 126 valence electrons. The minimum Gasteiger partial charge on any atom is -0.491 e.